The number of nitrogens with zero attached hydrogens (tertiary/aromatic N) is 1. The minimum atomic E-state index is -1.06. The molecule has 0 bridgehead atoms. The van der Waals surface area contributed by atoms with Crippen LogP contribution in [0.1, 0.15) is 24.0 Å². The molecule has 1 aliphatic rings. The summed E-state index contributed by atoms with van der Waals surface area (Å²) in [5.74, 6) is -1.40. The monoisotopic (exact) mass is 263 g/mol. The van der Waals surface area contributed by atoms with Crippen LogP contribution in [0, 0.1) is 5.82 Å². The molecule has 19 heavy (non-hydrogen) atoms. The van der Waals surface area contributed by atoms with Gasteiger partial charge in [0, 0.05) is 31.1 Å². The number of carboxylic acid groups (broad SMARTS) is 1. The third-order valence-electron chi connectivity index (χ3n) is 3.02. The van der Waals surface area contributed by atoms with E-state index in [1.165, 1.54) is 18.2 Å². The summed E-state index contributed by atoms with van der Waals surface area (Å²) < 4.78 is 13.7. The first-order valence-electron chi connectivity index (χ1n) is 6.03. The second kappa shape index (κ2) is 5.65. The van der Waals surface area contributed by atoms with Crippen LogP contribution >= 0.6 is 0 Å². The van der Waals surface area contributed by atoms with Gasteiger partial charge < -0.3 is 10.0 Å². The highest BCUT2D eigenvalue weighted by Crippen LogP contribution is 2.18. The summed E-state index contributed by atoms with van der Waals surface area (Å²) in [4.78, 5) is 23.5. The first kappa shape index (κ1) is 13.3. The zero-order chi connectivity index (χ0) is 13.8. The Hall–Kier alpha value is -2.17. The molecule has 1 fully saturated rings. The molecule has 0 saturated carbocycles. The lowest BCUT2D eigenvalue weighted by Crippen LogP contribution is -2.24. The molecule has 5 heteroatoms. The molecule has 4 nitrogen and oxygen atoms in total. The molecule has 0 spiro atoms. The van der Waals surface area contributed by atoms with Crippen molar-refractivity contribution in [1.29, 1.82) is 0 Å². The number of rotatable bonds is 4. The smallest absolute Gasteiger partial charge is 0.328 e. The fourth-order valence-electron chi connectivity index (χ4n) is 2.06. The van der Waals surface area contributed by atoms with Crippen LogP contribution in [0.2, 0.25) is 0 Å². The number of amides is 1. The van der Waals surface area contributed by atoms with Gasteiger partial charge in [-0.3, -0.25) is 4.79 Å². The van der Waals surface area contributed by atoms with Crippen LogP contribution in [0.4, 0.5) is 4.39 Å². The van der Waals surface area contributed by atoms with Crippen LogP contribution in [0.5, 0.6) is 0 Å². The van der Waals surface area contributed by atoms with E-state index in [0.717, 1.165) is 12.5 Å². The van der Waals surface area contributed by atoms with Crippen LogP contribution in [-0.4, -0.2) is 28.4 Å². The van der Waals surface area contributed by atoms with E-state index < -0.39 is 5.97 Å². The molecule has 1 aromatic carbocycles. The van der Waals surface area contributed by atoms with Crippen molar-refractivity contribution >= 4 is 18.0 Å². The lowest BCUT2D eigenvalue weighted by molar-refractivity contribution is -0.131. The van der Waals surface area contributed by atoms with Crippen molar-refractivity contribution in [2.24, 2.45) is 0 Å². The van der Waals surface area contributed by atoms with Gasteiger partial charge in [0.15, 0.2) is 0 Å². The van der Waals surface area contributed by atoms with E-state index in [-0.39, 0.29) is 18.3 Å². The van der Waals surface area contributed by atoms with Gasteiger partial charge in [-0.2, -0.15) is 0 Å². The first-order valence-corrected chi connectivity index (χ1v) is 6.03. The van der Waals surface area contributed by atoms with Crippen molar-refractivity contribution in [3.63, 3.8) is 0 Å². The number of hydrogen-bond acceptors (Lipinski definition) is 2. The highest BCUT2D eigenvalue weighted by Gasteiger charge is 2.21. The van der Waals surface area contributed by atoms with Crippen LogP contribution in [0.25, 0.3) is 6.08 Å². The minimum absolute atomic E-state index is 0.0332. The third-order valence-corrected chi connectivity index (χ3v) is 3.02. The first-order chi connectivity index (χ1) is 9.06. The molecular formula is C14H14FNO3. The predicted molar refractivity (Wildman–Crippen MR) is 67.7 cm³/mol. The molecule has 0 aromatic heterocycles. The fraction of sp³-hybridized carbons (Fsp3) is 0.286. The van der Waals surface area contributed by atoms with Gasteiger partial charge in [0.2, 0.25) is 5.91 Å². The van der Waals surface area contributed by atoms with Gasteiger partial charge >= 0.3 is 5.97 Å². The van der Waals surface area contributed by atoms with Gasteiger partial charge in [-0.05, 0) is 30.2 Å². The summed E-state index contributed by atoms with van der Waals surface area (Å²) in [6.45, 7) is 0.882. The van der Waals surface area contributed by atoms with Crippen molar-refractivity contribution in [3.8, 4) is 0 Å². The lowest BCUT2D eigenvalue weighted by Gasteiger charge is -2.16. The Bertz CT molecular complexity index is 539. The van der Waals surface area contributed by atoms with E-state index in [4.69, 9.17) is 5.11 Å². The standard InChI is InChI=1S/C14H14FNO3/c15-12-5-3-10(4-6-14(18)19)8-11(12)9-16-7-1-2-13(16)17/h3-6,8H,1-2,7,9H2,(H,18,19). The van der Waals surface area contributed by atoms with Crippen LogP contribution < -0.4 is 0 Å². The number of likely N-dealkylation sites (tertiary alicyclic amines) is 1. The number of halogens is 1. The van der Waals surface area contributed by atoms with Gasteiger partial charge in [-0.25, -0.2) is 9.18 Å². The largest absolute Gasteiger partial charge is 0.478 e. The van der Waals surface area contributed by atoms with Crippen LogP contribution in [0.15, 0.2) is 24.3 Å². The number of carbonyl (C=O) groups excluding carboxylic acids is 1. The molecule has 1 heterocycles. The highest BCUT2D eigenvalue weighted by molar-refractivity contribution is 5.85. The van der Waals surface area contributed by atoms with Crippen molar-refractivity contribution in [1.82, 2.24) is 4.90 Å². The van der Waals surface area contributed by atoms with Crippen molar-refractivity contribution < 1.29 is 19.1 Å². The molecule has 0 aliphatic carbocycles. The zero-order valence-electron chi connectivity index (χ0n) is 10.3. The Morgan fingerprint density at radius 2 is 2.26 bits per heavy atom. The molecule has 1 aliphatic heterocycles. The molecule has 1 saturated heterocycles. The quantitative estimate of drug-likeness (QED) is 0.846. The number of carboxylic acids is 1. The van der Waals surface area contributed by atoms with Gasteiger partial charge in [-0.15, -0.1) is 0 Å². The normalized spacial score (nSPS) is 15.4. The summed E-state index contributed by atoms with van der Waals surface area (Å²) in [5, 5.41) is 8.55. The van der Waals surface area contributed by atoms with E-state index >= 15 is 0 Å². The summed E-state index contributed by atoms with van der Waals surface area (Å²) in [7, 11) is 0. The summed E-state index contributed by atoms with van der Waals surface area (Å²) in [6.07, 6.45) is 3.72. The molecule has 0 atom stereocenters. The Labute approximate surface area is 110 Å². The van der Waals surface area contributed by atoms with Gasteiger partial charge in [-0.1, -0.05) is 6.07 Å². The summed E-state index contributed by atoms with van der Waals surface area (Å²) in [5.41, 5.74) is 1.01. The van der Waals surface area contributed by atoms with E-state index in [9.17, 15) is 14.0 Å². The predicted octanol–water partition coefficient (Wildman–Crippen LogP) is 2.05. The van der Waals surface area contributed by atoms with Crippen molar-refractivity contribution in [2.75, 3.05) is 6.54 Å². The van der Waals surface area contributed by atoms with E-state index in [0.29, 0.717) is 24.1 Å². The fourth-order valence-corrected chi connectivity index (χ4v) is 2.06. The van der Waals surface area contributed by atoms with Crippen molar-refractivity contribution in [3.05, 3.63) is 41.2 Å². The zero-order valence-corrected chi connectivity index (χ0v) is 10.3. The maximum absolute atomic E-state index is 13.7. The number of benzene rings is 1. The highest BCUT2D eigenvalue weighted by atomic mass is 19.1. The molecule has 1 N–H and O–H groups in total. The van der Waals surface area contributed by atoms with E-state index in [2.05, 4.69) is 0 Å². The topological polar surface area (TPSA) is 57.6 Å². The Balaban J connectivity index is 2.17. The van der Waals surface area contributed by atoms with Crippen LogP contribution in [-0.2, 0) is 16.1 Å². The second-order valence-electron chi connectivity index (χ2n) is 4.44. The minimum Gasteiger partial charge on any atom is -0.478 e. The SMILES string of the molecule is O=C(O)C=Cc1ccc(F)c(CN2CCCC2=O)c1. The maximum atomic E-state index is 13.7. The average molecular weight is 263 g/mol. The molecule has 1 amide bonds. The van der Waals surface area contributed by atoms with Crippen molar-refractivity contribution in [2.45, 2.75) is 19.4 Å². The Kier molecular flexibility index (Phi) is 3.94. The van der Waals surface area contributed by atoms with Gasteiger partial charge in [0.25, 0.3) is 0 Å². The number of carbonyl (C=O) groups is 2. The van der Waals surface area contributed by atoms with Crippen LogP contribution in [0.3, 0.4) is 0 Å². The molecule has 100 valence electrons. The third kappa shape index (κ3) is 3.40. The van der Waals surface area contributed by atoms with E-state index in [1.54, 1.807) is 11.0 Å². The Morgan fingerprint density at radius 1 is 1.47 bits per heavy atom. The Morgan fingerprint density at radius 3 is 2.89 bits per heavy atom. The number of hydrogen-bond donors (Lipinski definition) is 1. The molecule has 0 unspecified atom stereocenters. The number of aliphatic carboxylic acids is 1. The molecule has 0 radical (unpaired) electrons. The lowest BCUT2D eigenvalue weighted by atomic mass is 10.1. The summed E-state index contributed by atoms with van der Waals surface area (Å²) in [6, 6.07) is 4.36. The molecular weight excluding hydrogens is 249 g/mol. The van der Waals surface area contributed by atoms with E-state index in [1.807, 2.05) is 0 Å². The van der Waals surface area contributed by atoms with Gasteiger partial charge in [0.05, 0.1) is 0 Å². The molecule has 2 rings (SSSR count). The summed E-state index contributed by atoms with van der Waals surface area (Å²) >= 11 is 0. The maximum Gasteiger partial charge on any atom is 0.328 e. The average Bonchev–Trinajstić information content (AvgIpc) is 2.76. The second-order valence-corrected chi connectivity index (χ2v) is 4.44. The van der Waals surface area contributed by atoms with Gasteiger partial charge in [0.1, 0.15) is 5.82 Å². The molecule has 1 aromatic rings.